The molecule has 1 aliphatic rings. The third-order valence-corrected chi connectivity index (χ3v) is 6.52. The van der Waals surface area contributed by atoms with Crippen LogP contribution >= 0.6 is 11.6 Å². The van der Waals surface area contributed by atoms with Crippen LogP contribution in [0.1, 0.15) is 65.4 Å². The molecule has 1 aromatic carbocycles. The number of likely N-dealkylation sites (N-methyl/N-ethyl adjacent to an activating group) is 1. The van der Waals surface area contributed by atoms with E-state index in [0.717, 1.165) is 12.8 Å². The van der Waals surface area contributed by atoms with Crippen LogP contribution in [0.4, 0.5) is 4.79 Å². The molecule has 1 fully saturated rings. The molecule has 9 heteroatoms. The van der Waals surface area contributed by atoms with Gasteiger partial charge in [0.15, 0.2) is 5.78 Å². The Morgan fingerprint density at radius 3 is 2.42 bits per heavy atom. The van der Waals surface area contributed by atoms with Crippen LogP contribution in [0.25, 0.3) is 0 Å². The second-order valence-electron chi connectivity index (χ2n) is 8.48. The first-order chi connectivity index (χ1) is 15.5. The molecule has 2 amide bonds. The Balaban J connectivity index is 2.20. The molecule has 1 N–H and O–H groups in total. The Labute approximate surface area is 199 Å². The molecule has 2 unspecified atom stereocenters. The summed E-state index contributed by atoms with van der Waals surface area (Å²) in [5, 5.41) is 2.97. The van der Waals surface area contributed by atoms with Crippen molar-refractivity contribution in [2.24, 2.45) is 5.92 Å². The highest BCUT2D eigenvalue weighted by Crippen LogP contribution is 2.42. The molecule has 1 aromatic rings. The van der Waals surface area contributed by atoms with E-state index in [1.807, 2.05) is 13.8 Å². The Hall–Kier alpha value is -2.61. The monoisotopic (exact) mass is 480 g/mol. The summed E-state index contributed by atoms with van der Waals surface area (Å²) in [5.74, 6) is -1.35. The Morgan fingerprint density at radius 1 is 1.18 bits per heavy atom. The van der Waals surface area contributed by atoms with Gasteiger partial charge in [0.05, 0.1) is 0 Å². The molecule has 4 atom stereocenters. The topological polar surface area (TPSA) is 102 Å². The second kappa shape index (κ2) is 11.5. The third kappa shape index (κ3) is 6.05. The summed E-state index contributed by atoms with van der Waals surface area (Å²) in [6.07, 6.45) is 0.808. The first kappa shape index (κ1) is 26.6. The fraction of sp³-hybridized carbons (Fsp3) is 0.583. The number of hydrogen-bond acceptors (Lipinski definition) is 6. The minimum Gasteiger partial charge on any atom is -0.424 e. The molecular weight excluding hydrogens is 448 g/mol. The van der Waals surface area contributed by atoms with Gasteiger partial charge >= 0.3 is 12.1 Å². The third-order valence-electron chi connectivity index (χ3n) is 6.19. The number of Topliss-reactive ketones (excluding diaryl/α,β-unsaturated/α-hetero) is 1. The predicted octanol–water partition coefficient (Wildman–Crippen LogP) is 4.19. The maximum atomic E-state index is 13.1. The highest BCUT2D eigenvalue weighted by molar-refractivity contribution is 6.31. The number of amides is 2. The van der Waals surface area contributed by atoms with Crippen molar-refractivity contribution in [3.63, 3.8) is 0 Å². The van der Waals surface area contributed by atoms with Gasteiger partial charge in [-0.05, 0) is 31.2 Å². The fourth-order valence-electron chi connectivity index (χ4n) is 4.16. The van der Waals surface area contributed by atoms with Crippen molar-refractivity contribution in [1.29, 1.82) is 0 Å². The molecule has 0 spiro atoms. The molecule has 0 aliphatic heterocycles. The molecule has 1 aliphatic carbocycles. The number of hydrogen-bond donors (Lipinski definition) is 1. The van der Waals surface area contributed by atoms with E-state index >= 15 is 0 Å². The smallest absolute Gasteiger partial charge is 0.413 e. The Kier molecular flexibility index (Phi) is 9.28. The van der Waals surface area contributed by atoms with Gasteiger partial charge in [-0.25, -0.2) is 9.59 Å². The van der Waals surface area contributed by atoms with Crippen molar-refractivity contribution in [1.82, 2.24) is 10.2 Å². The summed E-state index contributed by atoms with van der Waals surface area (Å²) in [5.41, 5.74) is -0.713. The largest absolute Gasteiger partial charge is 0.424 e. The predicted molar refractivity (Wildman–Crippen MR) is 123 cm³/mol. The van der Waals surface area contributed by atoms with Crippen LogP contribution in [-0.4, -0.2) is 48.0 Å². The van der Waals surface area contributed by atoms with Crippen molar-refractivity contribution in [3.05, 3.63) is 34.9 Å². The van der Waals surface area contributed by atoms with Gasteiger partial charge in [0.25, 0.3) is 0 Å². The molecule has 0 bridgehead atoms. The number of ether oxygens (including phenoxy) is 2. The fourth-order valence-corrected chi connectivity index (χ4v) is 4.45. The lowest BCUT2D eigenvalue weighted by Gasteiger charge is -2.43. The van der Waals surface area contributed by atoms with E-state index in [9.17, 15) is 19.2 Å². The number of rotatable bonds is 8. The zero-order valence-corrected chi connectivity index (χ0v) is 20.6. The van der Waals surface area contributed by atoms with Gasteiger partial charge < -0.3 is 14.8 Å². The van der Waals surface area contributed by atoms with Gasteiger partial charge in [-0.1, -0.05) is 50.1 Å². The lowest BCUT2D eigenvalue weighted by molar-refractivity contribution is -0.172. The highest BCUT2D eigenvalue weighted by atomic mass is 35.5. The number of ketones is 1. The highest BCUT2D eigenvalue weighted by Gasteiger charge is 2.49. The lowest BCUT2D eigenvalue weighted by atomic mass is 9.74. The maximum Gasteiger partial charge on any atom is 0.413 e. The molecule has 0 heterocycles. The molecule has 0 aromatic heterocycles. The van der Waals surface area contributed by atoms with Gasteiger partial charge in [-0.2, -0.15) is 0 Å². The average molecular weight is 481 g/mol. The van der Waals surface area contributed by atoms with E-state index in [1.54, 1.807) is 24.3 Å². The molecule has 182 valence electrons. The summed E-state index contributed by atoms with van der Waals surface area (Å²) in [4.78, 5) is 51.5. The van der Waals surface area contributed by atoms with E-state index in [-0.39, 0.29) is 17.6 Å². The number of nitrogens with zero attached hydrogens (tertiary/aromatic N) is 1. The van der Waals surface area contributed by atoms with E-state index in [0.29, 0.717) is 29.8 Å². The van der Waals surface area contributed by atoms with Crippen LogP contribution in [0.2, 0.25) is 5.02 Å². The minimum absolute atomic E-state index is 0.117. The molecular formula is C24H33ClN2O6. The minimum atomic E-state index is -1.26. The zero-order chi connectivity index (χ0) is 24.8. The van der Waals surface area contributed by atoms with Crippen LogP contribution in [0.5, 0.6) is 0 Å². The van der Waals surface area contributed by atoms with Crippen molar-refractivity contribution >= 4 is 35.4 Å². The van der Waals surface area contributed by atoms with Gasteiger partial charge in [0, 0.05) is 37.9 Å². The van der Waals surface area contributed by atoms with Crippen molar-refractivity contribution in [2.75, 3.05) is 7.05 Å². The molecule has 2 rings (SSSR count). The summed E-state index contributed by atoms with van der Waals surface area (Å²) in [7, 11) is 1.49. The Morgan fingerprint density at radius 2 is 1.85 bits per heavy atom. The van der Waals surface area contributed by atoms with Crippen molar-refractivity contribution in [2.45, 2.75) is 77.7 Å². The van der Waals surface area contributed by atoms with Gasteiger partial charge in [0.1, 0.15) is 11.6 Å². The van der Waals surface area contributed by atoms with Crippen molar-refractivity contribution in [3.8, 4) is 0 Å². The molecule has 33 heavy (non-hydrogen) atoms. The van der Waals surface area contributed by atoms with Crippen LogP contribution < -0.4 is 5.32 Å². The SMILES string of the molecule is CCC(C)[C@H](NC(C)=O)C(=O)OC(C)OC(=O)N(C)[C@]1(c2ccccc2Cl)CCCCC1=O. The summed E-state index contributed by atoms with van der Waals surface area (Å²) < 4.78 is 10.7. The van der Waals surface area contributed by atoms with Gasteiger partial charge in [-0.3, -0.25) is 14.5 Å². The number of carbonyl (C=O) groups is 4. The number of nitrogens with one attached hydrogen (secondary N) is 1. The maximum absolute atomic E-state index is 13.1. The Bertz CT molecular complexity index is 891. The number of halogens is 1. The van der Waals surface area contributed by atoms with Crippen LogP contribution in [0, 0.1) is 5.92 Å². The van der Waals surface area contributed by atoms with Gasteiger partial charge in [0.2, 0.25) is 12.2 Å². The summed E-state index contributed by atoms with van der Waals surface area (Å²) >= 11 is 6.42. The van der Waals surface area contributed by atoms with Crippen LogP contribution in [0.3, 0.4) is 0 Å². The lowest BCUT2D eigenvalue weighted by Crippen LogP contribution is -2.55. The molecule has 1 saturated carbocycles. The number of carbonyl (C=O) groups excluding carboxylic acids is 4. The van der Waals surface area contributed by atoms with Gasteiger partial charge in [-0.15, -0.1) is 0 Å². The first-order valence-corrected chi connectivity index (χ1v) is 11.6. The standard InChI is InChI=1S/C24H33ClN2O6/c1-6-15(2)21(26-16(3)28)22(30)32-17(4)33-23(31)27(5)24(14-10-9-13-20(24)29)18-11-7-8-12-19(18)25/h7-8,11-12,15,17,21H,6,9-10,13-14H2,1-5H3,(H,26,28)/t15?,17?,21-,24-/m0/s1. The van der Waals surface area contributed by atoms with E-state index < -0.39 is 29.9 Å². The first-order valence-electron chi connectivity index (χ1n) is 11.2. The zero-order valence-electron chi connectivity index (χ0n) is 19.9. The van der Waals surface area contributed by atoms with Crippen LogP contribution in [0.15, 0.2) is 24.3 Å². The number of esters is 1. The number of benzene rings is 1. The van der Waals surface area contributed by atoms with E-state index in [2.05, 4.69) is 5.32 Å². The average Bonchev–Trinajstić information content (AvgIpc) is 2.77. The van der Waals surface area contributed by atoms with Crippen molar-refractivity contribution < 1.29 is 28.7 Å². The quantitative estimate of drug-likeness (QED) is 0.442. The molecule has 0 radical (unpaired) electrons. The normalized spacial score (nSPS) is 20.8. The van der Waals surface area contributed by atoms with E-state index in [1.165, 1.54) is 25.8 Å². The molecule has 8 nitrogen and oxygen atoms in total. The second-order valence-corrected chi connectivity index (χ2v) is 8.89. The van der Waals surface area contributed by atoms with Crippen LogP contribution in [-0.2, 0) is 29.4 Å². The van der Waals surface area contributed by atoms with E-state index in [4.69, 9.17) is 21.1 Å². The molecule has 0 saturated heterocycles. The summed E-state index contributed by atoms with van der Waals surface area (Å²) in [6, 6.07) is 6.09. The summed E-state index contributed by atoms with van der Waals surface area (Å²) in [6.45, 7) is 6.43.